The van der Waals surface area contributed by atoms with Crippen LogP contribution in [0.4, 0.5) is 0 Å². The van der Waals surface area contributed by atoms with E-state index >= 15 is 0 Å². The molecule has 4 rings (SSSR count). The Kier molecular flexibility index (Phi) is 5.84. The molecule has 0 aliphatic carbocycles. The molecule has 29 heavy (non-hydrogen) atoms. The molecule has 1 aliphatic rings. The Morgan fingerprint density at radius 2 is 2.14 bits per heavy atom. The Labute approximate surface area is 173 Å². The van der Waals surface area contributed by atoms with Gasteiger partial charge in [0.1, 0.15) is 6.61 Å². The third-order valence-corrected chi connectivity index (χ3v) is 5.51. The van der Waals surface area contributed by atoms with Crippen LogP contribution in [-0.4, -0.2) is 31.5 Å². The zero-order valence-electron chi connectivity index (χ0n) is 16.4. The van der Waals surface area contributed by atoms with Crippen molar-refractivity contribution in [1.82, 2.24) is 24.9 Å². The SMILES string of the molecule is C=CCn1c(S[C@H](C)c2nc(CCC)no2)nnc1[C@H]1COc2ccccc2O1. The first-order chi connectivity index (χ1) is 14.2. The van der Waals surface area contributed by atoms with E-state index in [-0.39, 0.29) is 11.4 Å². The molecule has 9 heteroatoms. The smallest absolute Gasteiger partial charge is 0.239 e. The summed E-state index contributed by atoms with van der Waals surface area (Å²) in [4.78, 5) is 4.47. The number of nitrogens with zero attached hydrogens (tertiary/aromatic N) is 5. The van der Waals surface area contributed by atoms with Crippen molar-refractivity contribution in [3.63, 3.8) is 0 Å². The Bertz CT molecular complexity index is 986. The Balaban J connectivity index is 1.54. The number of para-hydroxylation sites is 2. The van der Waals surface area contributed by atoms with Gasteiger partial charge in [0, 0.05) is 13.0 Å². The zero-order chi connectivity index (χ0) is 20.2. The number of aromatic nitrogens is 5. The molecule has 0 N–H and O–H groups in total. The van der Waals surface area contributed by atoms with Crippen LogP contribution in [0.25, 0.3) is 0 Å². The van der Waals surface area contributed by atoms with Gasteiger partial charge in [-0.1, -0.05) is 42.1 Å². The van der Waals surface area contributed by atoms with Gasteiger partial charge in [0.15, 0.2) is 34.4 Å². The van der Waals surface area contributed by atoms with Crippen LogP contribution in [0.3, 0.4) is 0 Å². The summed E-state index contributed by atoms with van der Waals surface area (Å²) in [6.45, 7) is 8.89. The predicted molar refractivity (Wildman–Crippen MR) is 108 cm³/mol. The molecule has 0 unspecified atom stereocenters. The molecule has 1 aliphatic heterocycles. The summed E-state index contributed by atoms with van der Waals surface area (Å²) < 4.78 is 19.3. The average molecular weight is 414 g/mol. The minimum absolute atomic E-state index is 0.0574. The lowest BCUT2D eigenvalue weighted by Gasteiger charge is -2.26. The van der Waals surface area contributed by atoms with Crippen LogP contribution in [0.15, 0.2) is 46.6 Å². The standard InChI is InChI=1S/C20H23N5O3S/c1-4-8-17-21-19(28-24-17)13(3)29-20-23-22-18(25(20)11-5-2)16-12-26-14-9-6-7-10-15(14)27-16/h5-7,9-10,13,16H,2,4,8,11-12H2,1,3H3/t13-,16-/m1/s1. The van der Waals surface area contributed by atoms with Crippen molar-refractivity contribution in [1.29, 1.82) is 0 Å². The van der Waals surface area contributed by atoms with E-state index in [1.807, 2.05) is 41.8 Å². The van der Waals surface area contributed by atoms with E-state index < -0.39 is 0 Å². The van der Waals surface area contributed by atoms with Gasteiger partial charge in [-0.25, -0.2) is 0 Å². The fourth-order valence-electron chi connectivity index (χ4n) is 3.04. The van der Waals surface area contributed by atoms with Gasteiger partial charge in [0.2, 0.25) is 5.89 Å². The average Bonchev–Trinajstić information content (AvgIpc) is 3.36. The highest BCUT2D eigenvalue weighted by atomic mass is 32.2. The van der Waals surface area contributed by atoms with Gasteiger partial charge >= 0.3 is 0 Å². The quantitative estimate of drug-likeness (QED) is 0.402. The normalized spacial score (nSPS) is 16.6. The molecular formula is C20H23N5O3S. The van der Waals surface area contributed by atoms with Crippen molar-refractivity contribution >= 4 is 11.8 Å². The monoisotopic (exact) mass is 413 g/mol. The number of rotatable bonds is 8. The van der Waals surface area contributed by atoms with Crippen molar-refractivity contribution in [2.24, 2.45) is 0 Å². The van der Waals surface area contributed by atoms with Crippen LogP contribution in [0.2, 0.25) is 0 Å². The molecule has 0 fully saturated rings. The van der Waals surface area contributed by atoms with Crippen molar-refractivity contribution in [3.05, 3.63) is 54.5 Å². The van der Waals surface area contributed by atoms with Crippen LogP contribution in [0.5, 0.6) is 11.5 Å². The predicted octanol–water partition coefficient (Wildman–Crippen LogP) is 4.17. The molecule has 3 heterocycles. The summed E-state index contributed by atoms with van der Waals surface area (Å²) in [5.74, 6) is 3.45. The van der Waals surface area contributed by atoms with E-state index in [0.717, 1.165) is 29.6 Å². The second kappa shape index (κ2) is 8.69. The summed E-state index contributed by atoms with van der Waals surface area (Å²) in [7, 11) is 0. The van der Waals surface area contributed by atoms with Gasteiger partial charge in [-0.2, -0.15) is 4.98 Å². The Morgan fingerprint density at radius 1 is 1.31 bits per heavy atom. The van der Waals surface area contributed by atoms with Crippen LogP contribution in [0.1, 0.15) is 49.2 Å². The topological polar surface area (TPSA) is 88.1 Å². The van der Waals surface area contributed by atoms with Crippen LogP contribution in [-0.2, 0) is 13.0 Å². The van der Waals surface area contributed by atoms with E-state index in [0.29, 0.717) is 30.6 Å². The fourth-order valence-corrected chi connectivity index (χ4v) is 3.94. The molecule has 0 spiro atoms. The van der Waals surface area contributed by atoms with Gasteiger partial charge < -0.3 is 14.0 Å². The molecule has 0 bridgehead atoms. The second-order valence-electron chi connectivity index (χ2n) is 6.66. The van der Waals surface area contributed by atoms with E-state index in [2.05, 4.69) is 33.8 Å². The molecule has 1 aromatic carbocycles. The maximum absolute atomic E-state index is 6.11. The summed E-state index contributed by atoms with van der Waals surface area (Å²) in [6, 6.07) is 7.61. The van der Waals surface area contributed by atoms with Crippen molar-refractivity contribution in [2.75, 3.05) is 6.61 Å². The molecule has 0 amide bonds. The molecule has 8 nitrogen and oxygen atoms in total. The maximum atomic E-state index is 6.11. The number of hydrogen-bond acceptors (Lipinski definition) is 8. The number of benzene rings is 1. The third kappa shape index (κ3) is 4.14. The number of thioether (sulfide) groups is 1. The number of ether oxygens (including phenoxy) is 2. The summed E-state index contributed by atoms with van der Waals surface area (Å²) in [5.41, 5.74) is 0. The van der Waals surface area contributed by atoms with Crippen LogP contribution in [0, 0.1) is 0 Å². The zero-order valence-corrected chi connectivity index (χ0v) is 17.3. The first-order valence-corrected chi connectivity index (χ1v) is 10.5. The fraction of sp³-hybridized carbons (Fsp3) is 0.400. The molecule has 3 aromatic rings. The second-order valence-corrected chi connectivity index (χ2v) is 7.97. The lowest BCUT2D eigenvalue weighted by Crippen LogP contribution is -2.25. The molecule has 152 valence electrons. The highest BCUT2D eigenvalue weighted by Crippen LogP contribution is 2.38. The van der Waals surface area contributed by atoms with Crippen LogP contribution < -0.4 is 9.47 Å². The van der Waals surface area contributed by atoms with E-state index in [1.54, 1.807) is 0 Å². The minimum Gasteiger partial charge on any atom is -0.485 e. The summed E-state index contributed by atoms with van der Waals surface area (Å²) in [5, 5.41) is 13.5. The van der Waals surface area contributed by atoms with E-state index in [4.69, 9.17) is 14.0 Å². The number of fused-ring (bicyclic) bond motifs is 1. The third-order valence-electron chi connectivity index (χ3n) is 4.44. The maximum Gasteiger partial charge on any atom is 0.239 e. The number of allylic oxidation sites excluding steroid dienone is 1. The van der Waals surface area contributed by atoms with Gasteiger partial charge in [0.05, 0.1) is 5.25 Å². The highest BCUT2D eigenvalue weighted by molar-refractivity contribution is 7.99. The van der Waals surface area contributed by atoms with E-state index in [9.17, 15) is 0 Å². The Morgan fingerprint density at radius 3 is 2.93 bits per heavy atom. The van der Waals surface area contributed by atoms with Crippen molar-refractivity contribution < 1.29 is 14.0 Å². The molecule has 2 aromatic heterocycles. The highest BCUT2D eigenvalue weighted by Gasteiger charge is 2.29. The van der Waals surface area contributed by atoms with Crippen molar-refractivity contribution in [3.8, 4) is 11.5 Å². The molecule has 2 atom stereocenters. The first-order valence-electron chi connectivity index (χ1n) is 9.61. The van der Waals surface area contributed by atoms with Gasteiger partial charge in [-0.3, -0.25) is 4.57 Å². The molecule has 0 radical (unpaired) electrons. The van der Waals surface area contributed by atoms with Gasteiger partial charge in [0.25, 0.3) is 0 Å². The van der Waals surface area contributed by atoms with Gasteiger partial charge in [-0.05, 0) is 25.5 Å². The van der Waals surface area contributed by atoms with Gasteiger partial charge in [-0.15, -0.1) is 16.8 Å². The molecule has 0 saturated carbocycles. The lowest BCUT2D eigenvalue weighted by atomic mass is 10.2. The first kappa shape index (κ1) is 19.5. The summed E-state index contributed by atoms with van der Waals surface area (Å²) >= 11 is 1.51. The van der Waals surface area contributed by atoms with Crippen LogP contribution >= 0.6 is 11.8 Å². The van der Waals surface area contributed by atoms with E-state index in [1.165, 1.54) is 11.8 Å². The minimum atomic E-state index is -0.346. The largest absolute Gasteiger partial charge is 0.485 e. The lowest BCUT2D eigenvalue weighted by molar-refractivity contribution is 0.0821. The molecule has 0 saturated heterocycles. The molecular weight excluding hydrogens is 390 g/mol. The summed E-state index contributed by atoms with van der Waals surface area (Å²) in [6.07, 6.45) is 3.25. The number of hydrogen-bond donors (Lipinski definition) is 0. The number of aryl methyl sites for hydroxylation is 1. The van der Waals surface area contributed by atoms with Crippen molar-refractivity contribution in [2.45, 2.75) is 49.7 Å². The Hall–Kier alpha value is -2.81.